The maximum atomic E-state index is 6.85. The van der Waals surface area contributed by atoms with Crippen LogP contribution in [0.4, 0.5) is 0 Å². The molecule has 0 radical (unpaired) electrons. The predicted octanol–water partition coefficient (Wildman–Crippen LogP) is 11.7. The number of fused-ring (bicyclic) bond motifs is 3. The van der Waals surface area contributed by atoms with Crippen LogP contribution in [0.5, 0.6) is 0 Å². The fraction of sp³-hybridized carbons (Fsp3) is 0.0217. The highest BCUT2D eigenvalue weighted by Crippen LogP contribution is 2.46. The van der Waals surface area contributed by atoms with E-state index in [-0.39, 0.29) is 0 Å². The van der Waals surface area contributed by atoms with Gasteiger partial charge >= 0.3 is 0 Å². The molecule has 238 valence electrons. The van der Waals surface area contributed by atoms with Gasteiger partial charge in [-0.05, 0) is 53.4 Å². The van der Waals surface area contributed by atoms with Gasteiger partial charge in [0.15, 0.2) is 9.39 Å². The van der Waals surface area contributed by atoms with Gasteiger partial charge in [0.05, 0.1) is 16.8 Å². The molecular formula is C46H34N2OP+. The van der Waals surface area contributed by atoms with Crippen molar-refractivity contribution in [3.05, 3.63) is 204 Å². The molecule has 0 spiro atoms. The number of rotatable bonds is 6. The van der Waals surface area contributed by atoms with Crippen LogP contribution in [0.3, 0.4) is 0 Å². The van der Waals surface area contributed by atoms with Gasteiger partial charge in [-0.25, -0.2) is 0 Å². The van der Waals surface area contributed by atoms with Gasteiger partial charge in [0.2, 0.25) is 11.4 Å². The predicted molar refractivity (Wildman–Crippen MR) is 211 cm³/mol. The minimum absolute atomic E-state index is 0.869. The molecule has 4 heteroatoms. The first-order valence-corrected chi connectivity index (χ1v) is 17.4. The summed E-state index contributed by atoms with van der Waals surface area (Å²) in [4.78, 5) is 3.96. The summed E-state index contributed by atoms with van der Waals surface area (Å²) in [7, 11) is 3.05. The largest absolute Gasteiger partial charge is 0.455 e. The Morgan fingerprint density at radius 2 is 1.22 bits per heavy atom. The first kappa shape index (κ1) is 30.1. The van der Waals surface area contributed by atoms with E-state index in [1.807, 2.05) is 0 Å². The first-order chi connectivity index (χ1) is 24.7. The van der Waals surface area contributed by atoms with E-state index in [1.54, 1.807) is 0 Å². The first-order valence-electron chi connectivity index (χ1n) is 16.9. The highest BCUT2D eigenvalue weighted by Gasteiger charge is 2.36. The fourth-order valence-electron chi connectivity index (χ4n) is 7.32. The van der Waals surface area contributed by atoms with E-state index in [2.05, 4.69) is 196 Å². The van der Waals surface area contributed by atoms with Crippen molar-refractivity contribution < 1.29 is 8.76 Å². The fourth-order valence-corrected chi connectivity index (χ4v) is 7.81. The molecule has 1 aliphatic heterocycles. The second-order valence-corrected chi connectivity index (χ2v) is 13.2. The molecule has 0 fully saturated rings. The van der Waals surface area contributed by atoms with Crippen LogP contribution < -0.4 is 0 Å². The molecule has 1 N–H and O–H groups in total. The SMILES string of the molecule is Cc1cccc2oc3c(/C(=C4\C(c5ccccc5)=CC(c5ccccc5)=[N+]4P)c4[nH]c(-c5ccccc5)cc4-c4ccccc4)cccc3c12. The third kappa shape index (κ3) is 5.06. The number of hydrogen-bond donors (Lipinski definition) is 1. The second kappa shape index (κ2) is 12.5. The number of para-hydroxylation sites is 1. The molecule has 50 heavy (non-hydrogen) atoms. The number of allylic oxidation sites excluding steroid dienone is 2. The number of benzene rings is 6. The zero-order valence-corrected chi connectivity index (χ0v) is 28.8. The van der Waals surface area contributed by atoms with E-state index >= 15 is 0 Å². The molecule has 1 unspecified atom stereocenters. The molecule has 0 aliphatic carbocycles. The van der Waals surface area contributed by atoms with Crippen molar-refractivity contribution in [3.63, 3.8) is 0 Å². The topological polar surface area (TPSA) is 31.9 Å². The van der Waals surface area contributed by atoms with Gasteiger partial charge in [-0.3, -0.25) is 0 Å². The van der Waals surface area contributed by atoms with E-state index in [0.29, 0.717) is 0 Å². The molecule has 6 aromatic carbocycles. The number of aromatic nitrogens is 1. The summed E-state index contributed by atoms with van der Waals surface area (Å²) in [5.41, 5.74) is 16.1. The van der Waals surface area contributed by atoms with Crippen molar-refractivity contribution in [1.29, 1.82) is 0 Å². The van der Waals surface area contributed by atoms with E-state index < -0.39 is 0 Å². The van der Waals surface area contributed by atoms with Gasteiger partial charge in [0, 0.05) is 39.2 Å². The number of aryl methyl sites for hydroxylation is 1. The molecule has 0 amide bonds. The Morgan fingerprint density at radius 3 is 1.90 bits per heavy atom. The number of aromatic amines is 1. The molecule has 1 aliphatic rings. The lowest BCUT2D eigenvalue weighted by Crippen LogP contribution is -2.09. The van der Waals surface area contributed by atoms with Crippen LogP contribution in [0, 0.1) is 6.92 Å². The molecule has 0 saturated heterocycles. The van der Waals surface area contributed by atoms with Crippen LogP contribution in [-0.4, -0.2) is 15.0 Å². The van der Waals surface area contributed by atoms with Gasteiger partial charge in [-0.2, -0.15) is 4.35 Å². The van der Waals surface area contributed by atoms with Gasteiger partial charge < -0.3 is 9.40 Å². The molecule has 3 heterocycles. The van der Waals surface area contributed by atoms with Crippen molar-refractivity contribution in [2.24, 2.45) is 0 Å². The summed E-state index contributed by atoms with van der Waals surface area (Å²) in [6.07, 6.45) is 2.32. The summed E-state index contributed by atoms with van der Waals surface area (Å²) >= 11 is 0. The number of hydrogen-bond acceptors (Lipinski definition) is 1. The van der Waals surface area contributed by atoms with Crippen molar-refractivity contribution in [3.8, 4) is 22.4 Å². The monoisotopic (exact) mass is 661 g/mol. The van der Waals surface area contributed by atoms with Crippen molar-refractivity contribution >= 4 is 48.2 Å². The highest BCUT2D eigenvalue weighted by atomic mass is 31.0. The Hall–Kier alpha value is -6.02. The molecule has 0 bridgehead atoms. The van der Waals surface area contributed by atoms with Gasteiger partial charge in [-0.1, -0.05) is 140 Å². The van der Waals surface area contributed by atoms with Crippen molar-refractivity contribution in [2.45, 2.75) is 6.92 Å². The Morgan fingerprint density at radius 1 is 0.620 bits per heavy atom. The normalized spacial score (nSPS) is 14.1. The summed E-state index contributed by atoms with van der Waals surface area (Å²) in [6.45, 7) is 2.16. The van der Waals surface area contributed by atoms with E-state index in [0.717, 1.165) is 89.3 Å². The maximum absolute atomic E-state index is 6.85. The van der Waals surface area contributed by atoms with E-state index in [4.69, 9.17) is 4.42 Å². The number of nitrogens with zero attached hydrogens (tertiary/aromatic N) is 1. The Kier molecular flexibility index (Phi) is 7.49. The average Bonchev–Trinajstić information content (AvgIpc) is 3.88. The summed E-state index contributed by atoms with van der Waals surface area (Å²) < 4.78 is 9.13. The molecular weight excluding hydrogens is 627 g/mol. The molecule has 2 aromatic heterocycles. The average molecular weight is 662 g/mol. The van der Waals surface area contributed by atoms with Crippen LogP contribution in [0.25, 0.3) is 55.5 Å². The van der Waals surface area contributed by atoms with E-state index in [1.165, 1.54) is 5.56 Å². The minimum atomic E-state index is 0.869. The summed E-state index contributed by atoms with van der Waals surface area (Å²) in [5.74, 6) is 0. The van der Waals surface area contributed by atoms with Crippen LogP contribution in [0.1, 0.15) is 27.9 Å². The third-order valence-electron chi connectivity index (χ3n) is 9.67. The molecule has 8 aromatic rings. The Bertz CT molecular complexity index is 2630. The maximum Gasteiger partial charge on any atom is 0.224 e. The molecule has 9 rings (SSSR count). The quantitative estimate of drug-likeness (QED) is 0.177. The zero-order chi connectivity index (χ0) is 33.6. The van der Waals surface area contributed by atoms with Gasteiger partial charge in [0.25, 0.3) is 0 Å². The molecule has 1 atom stereocenters. The van der Waals surface area contributed by atoms with Crippen LogP contribution in [-0.2, 0) is 0 Å². The minimum Gasteiger partial charge on any atom is -0.455 e. The van der Waals surface area contributed by atoms with Crippen LogP contribution >= 0.6 is 9.39 Å². The molecule has 0 saturated carbocycles. The van der Waals surface area contributed by atoms with Crippen molar-refractivity contribution in [1.82, 2.24) is 4.98 Å². The second-order valence-electron chi connectivity index (χ2n) is 12.7. The lowest BCUT2D eigenvalue weighted by Gasteiger charge is -2.14. The zero-order valence-electron chi connectivity index (χ0n) is 27.6. The summed E-state index contributed by atoms with van der Waals surface area (Å²) in [6, 6.07) is 57.7. The number of furan rings is 1. The number of H-pyrrole nitrogens is 1. The summed E-state index contributed by atoms with van der Waals surface area (Å²) in [5, 5.41) is 2.26. The van der Waals surface area contributed by atoms with Crippen molar-refractivity contribution in [2.75, 3.05) is 0 Å². The smallest absolute Gasteiger partial charge is 0.224 e. The lowest BCUT2D eigenvalue weighted by atomic mass is 9.90. The van der Waals surface area contributed by atoms with Gasteiger partial charge in [-0.15, -0.1) is 0 Å². The van der Waals surface area contributed by atoms with Crippen LogP contribution in [0.2, 0.25) is 0 Å². The lowest BCUT2D eigenvalue weighted by molar-refractivity contribution is -0.273. The Balaban J connectivity index is 1.45. The number of nitrogens with one attached hydrogen (secondary N) is 1. The Labute approximate surface area is 293 Å². The van der Waals surface area contributed by atoms with Crippen LogP contribution in [0.15, 0.2) is 180 Å². The van der Waals surface area contributed by atoms with E-state index in [9.17, 15) is 0 Å². The van der Waals surface area contributed by atoms with Gasteiger partial charge in [0.1, 0.15) is 11.2 Å². The standard InChI is InChI=1S/C46H33N2OP/c1-30-16-14-27-41-42(30)35-25-15-26-36(46(35)49-41)43(44-37(31-17-6-2-7-18-31)28-39(47-44)33-21-10-4-11-22-33)45-38(32-19-8-3-9-20-32)29-40(48(45)50)34-23-12-5-13-24-34/h2-29H,50H2,1H3/p+1. The highest BCUT2D eigenvalue weighted by molar-refractivity contribution is 7.08. The third-order valence-corrected chi connectivity index (χ3v) is 10.2. The molecule has 3 nitrogen and oxygen atoms in total.